The molecule has 0 saturated heterocycles. The molecular formula is C18H24N2O5. The van der Waals surface area contributed by atoms with Gasteiger partial charge >= 0.3 is 5.69 Å². The zero-order valence-corrected chi connectivity index (χ0v) is 14.4. The molecule has 7 heteroatoms. The molecule has 1 heterocycles. The van der Waals surface area contributed by atoms with E-state index < -0.39 is 11.2 Å². The van der Waals surface area contributed by atoms with Crippen LogP contribution in [0.1, 0.15) is 30.9 Å². The molecule has 136 valence electrons. The molecule has 0 spiro atoms. The molecule has 0 bridgehead atoms. The van der Waals surface area contributed by atoms with Crippen molar-refractivity contribution in [3.05, 3.63) is 62.4 Å². The lowest BCUT2D eigenvalue weighted by molar-refractivity contribution is 0.0627. The van der Waals surface area contributed by atoms with Crippen molar-refractivity contribution in [1.82, 2.24) is 9.55 Å². The van der Waals surface area contributed by atoms with Crippen molar-refractivity contribution in [2.45, 2.75) is 32.9 Å². The van der Waals surface area contributed by atoms with Gasteiger partial charge < -0.3 is 14.6 Å². The predicted molar refractivity (Wildman–Crippen MR) is 94.0 cm³/mol. The van der Waals surface area contributed by atoms with Gasteiger partial charge in [-0.25, -0.2) is 4.79 Å². The fourth-order valence-electron chi connectivity index (χ4n) is 2.29. The van der Waals surface area contributed by atoms with Gasteiger partial charge in [-0.2, -0.15) is 0 Å². The standard InChI is InChI=1S/C18H24N2O5/c1-2-8-25-16-6-3-5-14(11-16)10-15-12-20(13-24-9-4-7-21)18(23)19-17(15)22/h3,5-6,11-12,21H,2,4,7-10,13H2,1H3,(H,19,22,23). The second-order valence-corrected chi connectivity index (χ2v) is 5.67. The number of aromatic amines is 1. The summed E-state index contributed by atoms with van der Waals surface area (Å²) in [4.78, 5) is 26.2. The summed E-state index contributed by atoms with van der Waals surface area (Å²) in [6.45, 7) is 3.08. The van der Waals surface area contributed by atoms with E-state index in [1.54, 1.807) is 0 Å². The number of benzene rings is 1. The molecule has 1 aromatic carbocycles. The molecule has 0 saturated carbocycles. The number of hydrogen-bond donors (Lipinski definition) is 2. The molecule has 25 heavy (non-hydrogen) atoms. The van der Waals surface area contributed by atoms with E-state index in [9.17, 15) is 9.59 Å². The van der Waals surface area contributed by atoms with Crippen LogP contribution in [0.5, 0.6) is 5.75 Å². The largest absolute Gasteiger partial charge is 0.494 e. The summed E-state index contributed by atoms with van der Waals surface area (Å²) in [5.74, 6) is 0.761. The highest BCUT2D eigenvalue weighted by Gasteiger charge is 2.07. The van der Waals surface area contributed by atoms with Crippen LogP contribution in [-0.4, -0.2) is 34.5 Å². The van der Waals surface area contributed by atoms with Crippen molar-refractivity contribution < 1.29 is 14.6 Å². The van der Waals surface area contributed by atoms with Gasteiger partial charge in [0.2, 0.25) is 0 Å². The average molecular weight is 348 g/mol. The maximum Gasteiger partial charge on any atom is 0.330 e. The summed E-state index contributed by atoms with van der Waals surface area (Å²) in [6.07, 6.45) is 3.32. The molecule has 0 amide bonds. The minimum absolute atomic E-state index is 0.0300. The number of nitrogens with zero attached hydrogens (tertiary/aromatic N) is 1. The molecule has 2 rings (SSSR count). The number of rotatable bonds is 10. The number of nitrogens with one attached hydrogen (secondary N) is 1. The van der Waals surface area contributed by atoms with E-state index >= 15 is 0 Å². The first-order valence-electron chi connectivity index (χ1n) is 8.37. The number of H-pyrrole nitrogens is 1. The van der Waals surface area contributed by atoms with Crippen molar-refractivity contribution in [2.24, 2.45) is 0 Å². The first-order valence-corrected chi connectivity index (χ1v) is 8.37. The topological polar surface area (TPSA) is 93.6 Å². The Bertz CT molecular complexity index is 782. The van der Waals surface area contributed by atoms with Crippen LogP contribution in [0.4, 0.5) is 0 Å². The maximum absolute atomic E-state index is 12.1. The van der Waals surface area contributed by atoms with Gasteiger partial charge in [0.1, 0.15) is 12.5 Å². The Hall–Kier alpha value is -2.38. The van der Waals surface area contributed by atoms with E-state index in [1.807, 2.05) is 31.2 Å². The monoisotopic (exact) mass is 348 g/mol. The van der Waals surface area contributed by atoms with Crippen molar-refractivity contribution in [3.63, 3.8) is 0 Å². The minimum Gasteiger partial charge on any atom is -0.494 e. The minimum atomic E-state index is -0.516. The van der Waals surface area contributed by atoms with E-state index in [1.165, 1.54) is 10.8 Å². The highest BCUT2D eigenvalue weighted by molar-refractivity contribution is 5.31. The van der Waals surface area contributed by atoms with Gasteiger partial charge in [0, 0.05) is 24.8 Å². The first-order chi connectivity index (χ1) is 12.1. The lowest BCUT2D eigenvalue weighted by Crippen LogP contribution is -2.32. The molecule has 1 aromatic heterocycles. The fourth-order valence-corrected chi connectivity index (χ4v) is 2.29. The molecule has 0 atom stereocenters. The summed E-state index contributed by atoms with van der Waals surface area (Å²) >= 11 is 0. The Labute approximate surface area is 145 Å². The number of aromatic nitrogens is 2. The predicted octanol–water partition coefficient (Wildman–Crippen LogP) is 1.27. The number of aliphatic hydroxyl groups is 1. The summed E-state index contributed by atoms with van der Waals surface area (Å²) in [5, 5.41) is 8.73. The van der Waals surface area contributed by atoms with Crippen LogP contribution in [0, 0.1) is 0 Å². The first kappa shape index (κ1) is 19.0. The summed E-state index contributed by atoms with van der Waals surface area (Å²) in [6, 6.07) is 7.55. The van der Waals surface area contributed by atoms with Crippen LogP contribution >= 0.6 is 0 Å². The Balaban J connectivity index is 2.13. The van der Waals surface area contributed by atoms with Crippen LogP contribution < -0.4 is 16.0 Å². The third-order valence-electron chi connectivity index (χ3n) is 3.53. The third kappa shape index (κ3) is 5.88. The van der Waals surface area contributed by atoms with Crippen molar-refractivity contribution in [3.8, 4) is 5.75 Å². The number of aliphatic hydroxyl groups excluding tert-OH is 1. The van der Waals surface area contributed by atoms with Gasteiger partial charge in [-0.3, -0.25) is 14.3 Å². The Kier molecular flexibility index (Phi) is 7.43. The van der Waals surface area contributed by atoms with Gasteiger partial charge in [-0.1, -0.05) is 19.1 Å². The summed E-state index contributed by atoms with van der Waals surface area (Å²) in [7, 11) is 0. The zero-order chi connectivity index (χ0) is 18.1. The summed E-state index contributed by atoms with van der Waals surface area (Å²) < 4.78 is 12.2. The van der Waals surface area contributed by atoms with Crippen LogP contribution in [-0.2, 0) is 17.9 Å². The normalized spacial score (nSPS) is 10.8. The molecule has 0 aliphatic rings. The molecule has 7 nitrogen and oxygen atoms in total. The zero-order valence-electron chi connectivity index (χ0n) is 14.4. The number of ether oxygens (including phenoxy) is 2. The second kappa shape index (κ2) is 9.80. The van der Waals surface area contributed by atoms with Crippen LogP contribution in [0.25, 0.3) is 0 Å². The third-order valence-corrected chi connectivity index (χ3v) is 3.53. The van der Waals surface area contributed by atoms with Crippen LogP contribution in [0.15, 0.2) is 40.1 Å². The number of hydrogen-bond acceptors (Lipinski definition) is 5. The molecule has 0 aliphatic carbocycles. The van der Waals surface area contributed by atoms with Gasteiger partial charge in [0.15, 0.2) is 0 Å². The van der Waals surface area contributed by atoms with E-state index in [0.717, 1.165) is 17.7 Å². The van der Waals surface area contributed by atoms with E-state index in [-0.39, 0.29) is 13.3 Å². The Morgan fingerprint density at radius 1 is 1.24 bits per heavy atom. The van der Waals surface area contributed by atoms with E-state index in [0.29, 0.717) is 31.6 Å². The summed E-state index contributed by atoms with van der Waals surface area (Å²) in [5.41, 5.74) is 0.470. The Morgan fingerprint density at radius 3 is 2.84 bits per heavy atom. The lowest BCUT2D eigenvalue weighted by atomic mass is 10.1. The van der Waals surface area contributed by atoms with Crippen molar-refractivity contribution >= 4 is 0 Å². The highest BCUT2D eigenvalue weighted by Crippen LogP contribution is 2.15. The maximum atomic E-state index is 12.1. The average Bonchev–Trinajstić information content (AvgIpc) is 2.61. The molecule has 0 radical (unpaired) electrons. The molecule has 2 N–H and O–H groups in total. The van der Waals surface area contributed by atoms with E-state index in [2.05, 4.69) is 4.98 Å². The van der Waals surface area contributed by atoms with Crippen molar-refractivity contribution in [1.29, 1.82) is 0 Å². The van der Waals surface area contributed by atoms with Crippen molar-refractivity contribution in [2.75, 3.05) is 19.8 Å². The molecule has 0 fully saturated rings. The Morgan fingerprint density at radius 2 is 2.08 bits per heavy atom. The SMILES string of the molecule is CCCOc1cccc(Cc2cn(COCCCO)c(=O)[nH]c2=O)c1. The highest BCUT2D eigenvalue weighted by atomic mass is 16.5. The van der Waals surface area contributed by atoms with E-state index in [4.69, 9.17) is 14.6 Å². The van der Waals surface area contributed by atoms with Gasteiger partial charge in [-0.05, 0) is 30.5 Å². The molecule has 0 unspecified atom stereocenters. The quantitative estimate of drug-likeness (QED) is 0.631. The lowest BCUT2D eigenvalue weighted by Gasteiger charge is -2.09. The fraction of sp³-hybridized carbons (Fsp3) is 0.444. The van der Waals surface area contributed by atoms with Gasteiger partial charge in [0.25, 0.3) is 5.56 Å². The molecule has 0 aliphatic heterocycles. The van der Waals surface area contributed by atoms with Crippen LogP contribution in [0.3, 0.4) is 0 Å². The van der Waals surface area contributed by atoms with Gasteiger partial charge in [0.05, 0.1) is 13.2 Å². The van der Waals surface area contributed by atoms with Crippen LogP contribution in [0.2, 0.25) is 0 Å². The molecule has 2 aromatic rings. The second-order valence-electron chi connectivity index (χ2n) is 5.67. The molecular weight excluding hydrogens is 324 g/mol. The van der Waals surface area contributed by atoms with Gasteiger partial charge in [-0.15, -0.1) is 0 Å². The smallest absolute Gasteiger partial charge is 0.330 e.